The monoisotopic (exact) mass is 244 g/mol. The molecule has 1 aromatic carbocycles. The van der Waals surface area contributed by atoms with Gasteiger partial charge in [-0.15, -0.1) is 0 Å². The molecule has 0 fully saturated rings. The highest BCUT2D eigenvalue weighted by Gasteiger charge is 2.03. The Kier molecular flexibility index (Phi) is 4.04. The summed E-state index contributed by atoms with van der Waals surface area (Å²) in [4.78, 5) is 4.05. The van der Waals surface area contributed by atoms with E-state index in [0.717, 1.165) is 5.75 Å². The molecule has 0 radical (unpaired) electrons. The summed E-state index contributed by atoms with van der Waals surface area (Å²) in [6, 6.07) is 10.6. The number of nitrogens with one attached hydrogen (secondary N) is 1. The molecule has 2 nitrogen and oxygen atoms in total. The van der Waals surface area contributed by atoms with E-state index in [1.54, 1.807) is 0 Å². The van der Waals surface area contributed by atoms with Crippen molar-refractivity contribution in [2.75, 3.05) is 18.6 Å². The molecule has 0 atom stereocenters. The molecule has 0 amide bonds. The molecule has 3 heteroatoms. The molecule has 0 unspecified atom stereocenters. The predicted molar refractivity (Wildman–Crippen MR) is 76.4 cm³/mol. The zero-order chi connectivity index (χ0) is 12.1. The molecule has 1 N–H and O–H groups in total. The van der Waals surface area contributed by atoms with Crippen LogP contribution in [0.4, 0.5) is 5.69 Å². The lowest BCUT2D eigenvalue weighted by Crippen LogP contribution is -1.94. The SMILES string of the molecule is CNc1ccc(-c2ccncc2)cc1CSC. The van der Waals surface area contributed by atoms with Crippen LogP contribution in [0.3, 0.4) is 0 Å². The van der Waals surface area contributed by atoms with Crippen LogP contribution in [0.25, 0.3) is 11.1 Å². The van der Waals surface area contributed by atoms with Crippen molar-refractivity contribution in [3.63, 3.8) is 0 Å². The summed E-state index contributed by atoms with van der Waals surface area (Å²) < 4.78 is 0. The lowest BCUT2D eigenvalue weighted by Gasteiger charge is -2.10. The highest BCUT2D eigenvalue weighted by atomic mass is 32.2. The maximum atomic E-state index is 4.05. The summed E-state index contributed by atoms with van der Waals surface area (Å²) in [5.74, 6) is 1.02. The summed E-state index contributed by atoms with van der Waals surface area (Å²) in [5.41, 5.74) is 5.01. The molecule has 0 spiro atoms. The van der Waals surface area contributed by atoms with Crippen LogP contribution in [0.2, 0.25) is 0 Å². The Labute approximate surface area is 106 Å². The number of benzene rings is 1. The molecular weight excluding hydrogens is 228 g/mol. The third-order valence-electron chi connectivity index (χ3n) is 2.69. The summed E-state index contributed by atoms with van der Waals surface area (Å²) in [6.45, 7) is 0. The predicted octanol–water partition coefficient (Wildman–Crippen LogP) is 3.65. The van der Waals surface area contributed by atoms with Crippen molar-refractivity contribution in [1.82, 2.24) is 4.98 Å². The van der Waals surface area contributed by atoms with Crippen molar-refractivity contribution in [3.05, 3.63) is 48.3 Å². The number of hydrogen-bond acceptors (Lipinski definition) is 3. The topological polar surface area (TPSA) is 24.9 Å². The summed E-state index contributed by atoms with van der Waals surface area (Å²) in [6.07, 6.45) is 5.78. The van der Waals surface area contributed by atoms with Crippen molar-refractivity contribution >= 4 is 17.4 Å². The largest absolute Gasteiger partial charge is 0.388 e. The zero-order valence-corrected chi connectivity index (χ0v) is 10.9. The molecular formula is C14H16N2S. The average molecular weight is 244 g/mol. The second-order valence-corrected chi connectivity index (χ2v) is 4.66. The number of thioether (sulfide) groups is 1. The minimum absolute atomic E-state index is 1.02. The van der Waals surface area contributed by atoms with Crippen LogP contribution in [0.5, 0.6) is 0 Å². The molecule has 0 bridgehead atoms. The minimum Gasteiger partial charge on any atom is -0.388 e. The molecule has 1 aromatic heterocycles. The van der Waals surface area contributed by atoms with Gasteiger partial charge in [0.1, 0.15) is 0 Å². The smallest absolute Gasteiger partial charge is 0.0379 e. The van der Waals surface area contributed by atoms with Gasteiger partial charge in [0.15, 0.2) is 0 Å². The molecule has 88 valence electrons. The number of hydrogen-bond donors (Lipinski definition) is 1. The van der Waals surface area contributed by atoms with Gasteiger partial charge in [-0.1, -0.05) is 6.07 Å². The van der Waals surface area contributed by atoms with Gasteiger partial charge in [-0.3, -0.25) is 4.98 Å². The number of anilines is 1. The Morgan fingerprint density at radius 3 is 2.53 bits per heavy atom. The lowest BCUT2D eigenvalue weighted by molar-refractivity contribution is 1.32. The van der Waals surface area contributed by atoms with Gasteiger partial charge in [0, 0.05) is 30.9 Å². The maximum Gasteiger partial charge on any atom is 0.0379 e. The van der Waals surface area contributed by atoms with Gasteiger partial charge in [-0.25, -0.2) is 0 Å². The van der Waals surface area contributed by atoms with Crippen LogP contribution >= 0.6 is 11.8 Å². The quantitative estimate of drug-likeness (QED) is 0.888. The Bertz CT molecular complexity index is 483. The standard InChI is InChI=1S/C14H16N2S/c1-15-14-4-3-12(9-13(14)10-17-2)11-5-7-16-8-6-11/h3-9,15H,10H2,1-2H3. The van der Waals surface area contributed by atoms with Crippen LogP contribution in [0.1, 0.15) is 5.56 Å². The first-order chi connectivity index (χ1) is 8.35. The van der Waals surface area contributed by atoms with Crippen molar-refractivity contribution in [2.45, 2.75) is 5.75 Å². The first-order valence-electron chi connectivity index (χ1n) is 5.55. The molecule has 0 saturated carbocycles. The zero-order valence-electron chi connectivity index (χ0n) is 10.1. The van der Waals surface area contributed by atoms with Gasteiger partial charge in [0.2, 0.25) is 0 Å². The maximum absolute atomic E-state index is 4.05. The van der Waals surface area contributed by atoms with Gasteiger partial charge in [0.25, 0.3) is 0 Å². The fraction of sp³-hybridized carbons (Fsp3) is 0.214. The van der Waals surface area contributed by atoms with Gasteiger partial charge >= 0.3 is 0 Å². The van der Waals surface area contributed by atoms with E-state index in [-0.39, 0.29) is 0 Å². The molecule has 0 aliphatic carbocycles. The lowest BCUT2D eigenvalue weighted by atomic mass is 10.0. The molecule has 17 heavy (non-hydrogen) atoms. The third kappa shape index (κ3) is 2.80. The Hall–Kier alpha value is -1.48. The second kappa shape index (κ2) is 5.73. The van der Waals surface area contributed by atoms with Gasteiger partial charge in [-0.2, -0.15) is 11.8 Å². The number of pyridine rings is 1. The van der Waals surface area contributed by atoms with E-state index in [1.807, 2.05) is 43.3 Å². The van der Waals surface area contributed by atoms with Crippen LogP contribution in [0, 0.1) is 0 Å². The van der Waals surface area contributed by atoms with Crippen LogP contribution < -0.4 is 5.32 Å². The highest BCUT2D eigenvalue weighted by Crippen LogP contribution is 2.26. The molecule has 0 aliphatic heterocycles. The Balaban J connectivity index is 2.40. The fourth-order valence-electron chi connectivity index (χ4n) is 1.84. The summed E-state index contributed by atoms with van der Waals surface area (Å²) >= 11 is 1.84. The van der Waals surface area contributed by atoms with E-state index >= 15 is 0 Å². The van der Waals surface area contributed by atoms with Crippen molar-refractivity contribution in [1.29, 1.82) is 0 Å². The van der Waals surface area contributed by atoms with Gasteiger partial charge < -0.3 is 5.32 Å². The minimum atomic E-state index is 1.02. The molecule has 0 saturated heterocycles. The van der Waals surface area contributed by atoms with Crippen molar-refractivity contribution in [2.24, 2.45) is 0 Å². The summed E-state index contributed by atoms with van der Waals surface area (Å²) in [5, 5.41) is 3.23. The van der Waals surface area contributed by atoms with Gasteiger partial charge in [0.05, 0.1) is 0 Å². The second-order valence-electron chi connectivity index (χ2n) is 3.79. The van der Waals surface area contributed by atoms with E-state index in [0.29, 0.717) is 0 Å². The highest BCUT2D eigenvalue weighted by molar-refractivity contribution is 7.97. The van der Waals surface area contributed by atoms with E-state index < -0.39 is 0 Å². The molecule has 0 aliphatic rings. The van der Waals surface area contributed by atoms with Crippen LogP contribution in [0.15, 0.2) is 42.7 Å². The number of nitrogens with zero attached hydrogens (tertiary/aromatic N) is 1. The van der Waals surface area contributed by atoms with E-state index in [4.69, 9.17) is 0 Å². The van der Waals surface area contributed by atoms with Crippen molar-refractivity contribution < 1.29 is 0 Å². The Morgan fingerprint density at radius 1 is 1.12 bits per heavy atom. The van der Waals surface area contributed by atoms with E-state index in [2.05, 4.69) is 34.8 Å². The molecule has 2 rings (SSSR count). The van der Waals surface area contributed by atoms with E-state index in [9.17, 15) is 0 Å². The molecule has 2 aromatic rings. The third-order valence-corrected chi connectivity index (χ3v) is 3.29. The first kappa shape index (κ1) is 12.0. The van der Waals surface area contributed by atoms with Crippen molar-refractivity contribution in [3.8, 4) is 11.1 Å². The van der Waals surface area contributed by atoms with Crippen LogP contribution in [-0.4, -0.2) is 18.3 Å². The summed E-state index contributed by atoms with van der Waals surface area (Å²) in [7, 11) is 1.96. The van der Waals surface area contributed by atoms with Gasteiger partial charge in [-0.05, 0) is 47.2 Å². The normalized spacial score (nSPS) is 10.2. The molecule has 1 heterocycles. The average Bonchev–Trinajstić information content (AvgIpc) is 2.40. The fourth-order valence-corrected chi connectivity index (χ4v) is 2.39. The first-order valence-corrected chi connectivity index (χ1v) is 6.94. The number of aromatic nitrogens is 1. The van der Waals surface area contributed by atoms with Crippen LogP contribution in [-0.2, 0) is 5.75 Å². The number of rotatable bonds is 4. The van der Waals surface area contributed by atoms with E-state index in [1.165, 1.54) is 22.4 Å². The Morgan fingerprint density at radius 2 is 1.88 bits per heavy atom.